The highest BCUT2D eigenvalue weighted by molar-refractivity contribution is 7.91. The van der Waals surface area contributed by atoms with Crippen LogP contribution in [0.15, 0.2) is 52.3 Å². The van der Waals surface area contributed by atoms with E-state index in [9.17, 15) is 52.0 Å². The van der Waals surface area contributed by atoms with Gasteiger partial charge in [0.15, 0.2) is 0 Å². The molecule has 5 nitrogen and oxygen atoms in total. The molecule has 184 valence electrons. The van der Waals surface area contributed by atoms with Crippen LogP contribution in [0.1, 0.15) is 16.7 Å². The Hall–Kier alpha value is -2.26. The van der Waals surface area contributed by atoms with Gasteiger partial charge in [-0.25, -0.2) is 8.42 Å². The van der Waals surface area contributed by atoms with Gasteiger partial charge in [-0.05, 0) is 43.7 Å². The van der Waals surface area contributed by atoms with Gasteiger partial charge in [-0.15, -0.1) is 0 Å². The van der Waals surface area contributed by atoms with Crippen molar-refractivity contribution < 1.29 is 56.5 Å². The topological polar surface area (TPSA) is 88.5 Å². The SMILES string of the molecule is Cc1ccc(S(=O)(=O)c2ccc(C)c(C(F)(F)C(F)(F)C(F)(F)C(F)(F)S(=O)(=O)O)c2)cc1. The number of hydrogen-bond acceptors (Lipinski definition) is 4. The zero-order chi connectivity index (χ0) is 25.8. The first-order valence-corrected chi connectivity index (χ1v) is 11.5. The van der Waals surface area contributed by atoms with E-state index < -0.39 is 63.9 Å². The van der Waals surface area contributed by atoms with Crippen molar-refractivity contribution in [2.75, 3.05) is 0 Å². The minimum atomic E-state index is -7.31. The van der Waals surface area contributed by atoms with Gasteiger partial charge in [0.05, 0.1) is 9.79 Å². The lowest BCUT2D eigenvalue weighted by atomic mass is 9.94. The zero-order valence-electron chi connectivity index (χ0n) is 16.5. The molecule has 33 heavy (non-hydrogen) atoms. The highest BCUT2D eigenvalue weighted by atomic mass is 32.2. The molecule has 0 amide bonds. The minimum Gasteiger partial charge on any atom is -0.281 e. The van der Waals surface area contributed by atoms with Gasteiger partial charge in [-0.1, -0.05) is 23.8 Å². The smallest absolute Gasteiger partial charge is 0.281 e. The number of sulfone groups is 1. The van der Waals surface area contributed by atoms with Crippen LogP contribution in [0.3, 0.4) is 0 Å². The Morgan fingerprint density at radius 2 is 1.15 bits per heavy atom. The second kappa shape index (κ2) is 7.91. The molecule has 0 bridgehead atoms. The number of rotatable bonds is 7. The van der Waals surface area contributed by atoms with Crippen molar-refractivity contribution in [3.8, 4) is 0 Å². The molecule has 2 aromatic carbocycles. The van der Waals surface area contributed by atoms with Crippen LogP contribution in [0.25, 0.3) is 0 Å². The lowest BCUT2D eigenvalue weighted by Gasteiger charge is -2.36. The molecule has 0 heterocycles. The summed E-state index contributed by atoms with van der Waals surface area (Å²) in [4.78, 5) is -1.52. The van der Waals surface area contributed by atoms with E-state index in [1.165, 1.54) is 12.1 Å². The third kappa shape index (κ3) is 4.10. The first kappa shape index (κ1) is 27.0. The van der Waals surface area contributed by atoms with E-state index in [2.05, 4.69) is 0 Å². The van der Waals surface area contributed by atoms with E-state index in [0.717, 1.165) is 12.1 Å². The normalized spacial score (nSPS) is 14.4. The summed E-state index contributed by atoms with van der Waals surface area (Å²) in [6, 6.07) is 5.91. The molecule has 0 aliphatic rings. The fourth-order valence-corrected chi connectivity index (χ4v) is 4.41. The van der Waals surface area contributed by atoms with Crippen LogP contribution in [0, 0.1) is 13.8 Å². The van der Waals surface area contributed by atoms with Crippen LogP contribution in [0.2, 0.25) is 0 Å². The van der Waals surface area contributed by atoms with Gasteiger partial charge < -0.3 is 0 Å². The highest BCUT2D eigenvalue weighted by Crippen LogP contribution is 2.57. The number of alkyl halides is 8. The molecule has 0 unspecified atom stereocenters. The Labute approximate surface area is 182 Å². The van der Waals surface area contributed by atoms with Crippen molar-refractivity contribution >= 4 is 20.0 Å². The Morgan fingerprint density at radius 3 is 1.61 bits per heavy atom. The maximum atomic E-state index is 14.6. The molecule has 0 atom stereocenters. The summed E-state index contributed by atoms with van der Waals surface area (Å²) in [7, 11) is -11.9. The molecule has 0 saturated heterocycles. The van der Waals surface area contributed by atoms with E-state index in [-0.39, 0.29) is 6.07 Å². The van der Waals surface area contributed by atoms with Gasteiger partial charge in [-0.2, -0.15) is 43.5 Å². The second-order valence-corrected chi connectivity index (χ2v) is 10.4. The molecule has 0 saturated carbocycles. The Morgan fingerprint density at radius 1 is 0.697 bits per heavy atom. The standard InChI is InChI=1S/C18H14F8O5S2/c1-10-3-6-12(7-4-10)32(27,28)13-8-5-11(2)14(9-13)15(19,20)16(21,22)17(23,24)18(25,26)33(29,30)31/h3-9H,1-2H3,(H,29,30,31). The predicted molar refractivity (Wildman–Crippen MR) is 98.1 cm³/mol. The van der Waals surface area contributed by atoms with Crippen LogP contribution in [-0.4, -0.2) is 38.5 Å². The fraction of sp³-hybridized carbons (Fsp3) is 0.333. The van der Waals surface area contributed by atoms with Crippen molar-refractivity contribution in [3.05, 3.63) is 59.2 Å². The van der Waals surface area contributed by atoms with Crippen LogP contribution in [0.4, 0.5) is 35.1 Å². The minimum absolute atomic E-state index is 0.0971. The lowest BCUT2D eigenvalue weighted by Crippen LogP contribution is -2.63. The average Bonchev–Trinajstić information content (AvgIpc) is 2.67. The molecule has 2 rings (SSSR count). The molecular formula is C18H14F8O5S2. The summed E-state index contributed by atoms with van der Waals surface area (Å²) in [6.07, 6.45) is 0. The van der Waals surface area contributed by atoms with Crippen LogP contribution >= 0.6 is 0 Å². The molecule has 0 fully saturated rings. The molecule has 0 aliphatic carbocycles. The predicted octanol–water partition coefficient (Wildman–Crippen LogP) is 4.98. The number of aryl methyl sites for hydroxylation is 2. The summed E-state index contributed by atoms with van der Waals surface area (Å²) < 4.78 is 166. The van der Waals surface area contributed by atoms with Gasteiger partial charge in [0.25, 0.3) is 0 Å². The van der Waals surface area contributed by atoms with E-state index in [1.807, 2.05) is 0 Å². The van der Waals surface area contributed by atoms with Gasteiger partial charge in [0.1, 0.15) is 0 Å². The van der Waals surface area contributed by atoms with Gasteiger partial charge >= 0.3 is 33.1 Å². The monoisotopic (exact) mass is 526 g/mol. The summed E-state index contributed by atoms with van der Waals surface area (Å²) in [6.45, 7) is 2.27. The summed E-state index contributed by atoms with van der Waals surface area (Å²) >= 11 is 0. The number of hydrogen-bond donors (Lipinski definition) is 1. The third-order valence-corrected chi connectivity index (χ3v) is 7.34. The van der Waals surface area contributed by atoms with E-state index in [0.29, 0.717) is 24.6 Å². The zero-order valence-corrected chi connectivity index (χ0v) is 18.1. The van der Waals surface area contributed by atoms with Gasteiger partial charge in [0, 0.05) is 5.56 Å². The quantitative estimate of drug-likeness (QED) is 0.406. The number of benzene rings is 2. The van der Waals surface area contributed by atoms with Crippen molar-refractivity contribution in [3.63, 3.8) is 0 Å². The maximum Gasteiger partial charge on any atom is 0.438 e. The van der Waals surface area contributed by atoms with E-state index >= 15 is 0 Å². The summed E-state index contributed by atoms with van der Waals surface area (Å²) in [5.41, 5.74) is -2.37. The van der Waals surface area contributed by atoms with Gasteiger partial charge in [-0.3, -0.25) is 4.55 Å². The van der Waals surface area contributed by atoms with Crippen LogP contribution in [-0.2, 0) is 25.9 Å². The van der Waals surface area contributed by atoms with Crippen molar-refractivity contribution in [1.82, 2.24) is 0 Å². The van der Waals surface area contributed by atoms with Crippen molar-refractivity contribution in [1.29, 1.82) is 0 Å². The Balaban J connectivity index is 2.72. The third-order valence-electron chi connectivity index (χ3n) is 4.67. The second-order valence-electron chi connectivity index (χ2n) is 7.01. The van der Waals surface area contributed by atoms with E-state index in [1.54, 1.807) is 6.92 Å². The van der Waals surface area contributed by atoms with Crippen molar-refractivity contribution in [2.24, 2.45) is 0 Å². The first-order chi connectivity index (χ1) is 14.6. The molecule has 0 radical (unpaired) electrons. The maximum absolute atomic E-state index is 14.6. The average molecular weight is 526 g/mol. The largest absolute Gasteiger partial charge is 0.438 e. The lowest BCUT2D eigenvalue weighted by molar-refractivity contribution is -0.353. The highest BCUT2D eigenvalue weighted by Gasteiger charge is 2.84. The molecule has 2 aromatic rings. The Bertz CT molecular complexity index is 1270. The Kier molecular flexibility index (Phi) is 6.47. The number of halogens is 8. The summed E-state index contributed by atoms with van der Waals surface area (Å²) in [5, 5.41) is -7.01. The molecule has 0 aromatic heterocycles. The summed E-state index contributed by atoms with van der Waals surface area (Å²) in [5.74, 6) is -20.6. The molecule has 0 aliphatic heterocycles. The molecule has 0 spiro atoms. The fourth-order valence-electron chi connectivity index (χ4n) is 2.67. The van der Waals surface area contributed by atoms with Crippen molar-refractivity contribution in [2.45, 2.75) is 46.7 Å². The van der Waals surface area contributed by atoms with Crippen LogP contribution < -0.4 is 0 Å². The molecular weight excluding hydrogens is 512 g/mol. The molecule has 1 N–H and O–H groups in total. The van der Waals surface area contributed by atoms with Gasteiger partial charge in [0.2, 0.25) is 9.84 Å². The molecule has 15 heteroatoms. The van der Waals surface area contributed by atoms with E-state index in [4.69, 9.17) is 4.55 Å². The first-order valence-electron chi connectivity index (χ1n) is 8.53. The van der Waals surface area contributed by atoms with Crippen LogP contribution in [0.5, 0.6) is 0 Å².